The second kappa shape index (κ2) is 9.23. The number of ether oxygens (including phenoxy) is 1. The highest BCUT2D eigenvalue weighted by atomic mass is 127. The van der Waals surface area contributed by atoms with Gasteiger partial charge in [0.2, 0.25) is 0 Å². The number of benzene rings is 2. The van der Waals surface area contributed by atoms with Crippen molar-refractivity contribution in [3.8, 4) is 5.75 Å². The summed E-state index contributed by atoms with van der Waals surface area (Å²) in [5, 5.41) is 5.39. The molecule has 6 nitrogen and oxygen atoms in total. The van der Waals surface area contributed by atoms with Gasteiger partial charge >= 0.3 is 0 Å². The topological polar surface area (TPSA) is 80.6 Å². The Hall–Kier alpha value is -3.07. The number of carbonyl (C=O) groups excluding carboxylic acids is 2. The molecular formula is C21H17IN2O4. The van der Waals surface area contributed by atoms with Gasteiger partial charge in [-0.3, -0.25) is 9.59 Å². The normalized spacial score (nSPS) is 11.0. The summed E-state index contributed by atoms with van der Waals surface area (Å²) in [4.78, 5) is 25.1. The predicted octanol–water partition coefficient (Wildman–Crippen LogP) is 4.30. The van der Waals surface area contributed by atoms with Crippen molar-refractivity contribution >= 4 is 46.2 Å². The quantitative estimate of drug-likeness (QED) is 0.401. The van der Waals surface area contributed by atoms with E-state index in [0.717, 1.165) is 9.13 Å². The van der Waals surface area contributed by atoms with Crippen molar-refractivity contribution in [3.05, 3.63) is 87.5 Å². The number of anilines is 1. The fourth-order valence-electron chi connectivity index (χ4n) is 2.35. The molecule has 0 aliphatic carbocycles. The van der Waals surface area contributed by atoms with Crippen LogP contribution in [-0.2, 0) is 4.79 Å². The van der Waals surface area contributed by atoms with E-state index in [1.807, 2.05) is 12.1 Å². The van der Waals surface area contributed by atoms with E-state index >= 15 is 0 Å². The van der Waals surface area contributed by atoms with Gasteiger partial charge in [-0.15, -0.1) is 0 Å². The van der Waals surface area contributed by atoms with Crippen LogP contribution in [0.1, 0.15) is 16.1 Å². The molecule has 0 spiro atoms. The number of hydrogen-bond acceptors (Lipinski definition) is 4. The van der Waals surface area contributed by atoms with Gasteiger partial charge in [-0.1, -0.05) is 12.1 Å². The van der Waals surface area contributed by atoms with Crippen LogP contribution >= 0.6 is 22.6 Å². The maximum atomic E-state index is 12.8. The number of nitrogens with one attached hydrogen (secondary N) is 2. The molecule has 0 aliphatic rings. The van der Waals surface area contributed by atoms with Crippen LogP contribution in [-0.4, -0.2) is 18.9 Å². The molecule has 142 valence electrons. The largest absolute Gasteiger partial charge is 0.497 e. The first-order valence-corrected chi connectivity index (χ1v) is 9.40. The Bertz CT molecular complexity index is 978. The van der Waals surface area contributed by atoms with Crippen LogP contribution < -0.4 is 15.4 Å². The van der Waals surface area contributed by atoms with Crippen molar-refractivity contribution in [2.45, 2.75) is 0 Å². The van der Waals surface area contributed by atoms with E-state index in [0.29, 0.717) is 11.4 Å². The summed E-state index contributed by atoms with van der Waals surface area (Å²) in [6.45, 7) is 0. The van der Waals surface area contributed by atoms with Crippen LogP contribution in [0.4, 0.5) is 5.69 Å². The lowest BCUT2D eigenvalue weighted by atomic mass is 10.1. The molecule has 1 aromatic heterocycles. The molecule has 0 fully saturated rings. The maximum Gasteiger partial charge on any atom is 0.291 e. The molecule has 2 aromatic carbocycles. The standard InChI is InChI=1S/C21H17IN2O4/c1-27-17-10-4-14(5-11-17)13-18(24-21(26)19-3-2-12-28-19)20(25)23-16-8-6-15(22)7-9-16/h2-13H,1H3,(H,23,25)(H,24,26)/b18-13-. The zero-order chi connectivity index (χ0) is 19.9. The van der Waals surface area contributed by atoms with Gasteiger partial charge in [0.1, 0.15) is 11.4 Å². The third-order valence-electron chi connectivity index (χ3n) is 3.77. The molecule has 0 saturated heterocycles. The molecular weight excluding hydrogens is 471 g/mol. The number of hydrogen-bond donors (Lipinski definition) is 2. The van der Waals surface area contributed by atoms with E-state index in [2.05, 4.69) is 33.2 Å². The molecule has 0 unspecified atom stereocenters. The number of amides is 2. The van der Waals surface area contributed by atoms with Gasteiger partial charge in [-0.2, -0.15) is 0 Å². The third-order valence-corrected chi connectivity index (χ3v) is 4.49. The minimum atomic E-state index is -0.512. The lowest BCUT2D eigenvalue weighted by Crippen LogP contribution is -2.30. The van der Waals surface area contributed by atoms with Crippen LogP contribution in [0.2, 0.25) is 0 Å². The van der Waals surface area contributed by atoms with Gasteiger partial charge in [-0.25, -0.2) is 0 Å². The summed E-state index contributed by atoms with van der Waals surface area (Å²) in [7, 11) is 1.58. The minimum absolute atomic E-state index is 0.0881. The highest BCUT2D eigenvalue weighted by molar-refractivity contribution is 14.1. The fraction of sp³-hybridized carbons (Fsp3) is 0.0476. The summed E-state index contributed by atoms with van der Waals surface area (Å²) in [6, 6.07) is 17.6. The molecule has 0 atom stereocenters. The first kappa shape index (κ1) is 19.7. The number of rotatable bonds is 6. The van der Waals surface area contributed by atoms with Gasteiger partial charge in [0.25, 0.3) is 11.8 Å². The van der Waals surface area contributed by atoms with Crippen LogP contribution in [0, 0.1) is 3.57 Å². The van der Waals surface area contributed by atoms with Gasteiger partial charge < -0.3 is 19.8 Å². The average molecular weight is 488 g/mol. The summed E-state index contributed by atoms with van der Waals surface area (Å²) < 4.78 is 11.3. The molecule has 3 aromatic rings. The Morgan fingerprint density at radius 3 is 2.36 bits per heavy atom. The van der Waals surface area contributed by atoms with Crippen molar-refractivity contribution in [1.82, 2.24) is 5.32 Å². The predicted molar refractivity (Wildman–Crippen MR) is 115 cm³/mol. The Labute approximate surface area is 175 Å². The summed E-state index contributed by atoms with van der Waals surface area (Å²) >= 11 is 2.18. The summed E-state index contributed by atoms with van der Waals surface area (Å²) in [5.74, 6) is -0.149. The summed E-state index contributed by atoms with van der Waals surface area (Å²) in [6.07, 6.45) is 2.98. The van der Waals surface area contributed by atoms with Gasteiger partial charge in [0.05, 0.1) is 13.4 Å². The fourth-order valence-corrected chi connectivity index (χ4v) is 2.71. The monoisotopic (exact) mass is 488 g/mol. The highest BCUT2D eigenvalue weighted by Gasteiger charge is 2.16. The van der Waals surface area contributed by atoms with E-state index in [9.17, 15) is 9.59 Å². The van der Waals surface area contributed by atoms with Gasteiger partial charge in [0.15, 0.2) is 5.76 Å². The Morgan fingerprint density at radius 2 is 1.75 bits per heavy atom. The Kier molecular flexibility index (Phi) is 6.49. The van der Waals surface area contributed by atoms with Crippen LogP contribution in [0.5, 0.6) is 5.75 Å². The molecule has 0 aliphatic heterocycles. The highest BCUT2D eigenvalue weighted by Crippen LogP contribution is 2.16. The molecule has 28 heavy (non-hydrogen) atoms. The molecule has 0 bridgehead atoms. The van der Waals surface area contributed by atoms with E-state index < -0.39 is 11.8 Å². The van der Waals surface area contributed by atoms with Crippen molar-refractivity contribution < 1.29 is 18.7 Å². The average Bonchev–Trinajstić information content (AvgIpc) is 3.25. The number of furan rings is 1. The Balaban J connectivity index is 1.85. The first-order chi connectivity index (χ1) is 13.5. The molecule has 0 radical (unpaired) electrons. The SMILES string of the molecule is COc1ccc(/C=C(\NC(=O)c2ccco2)C(=O)Nc2ccc(I)cc2)cc1. The smallest absolute Gasteiger partial charge is 0.291 e. The van der Waals surface area contributed by atoms with Crippen LogP contribution in [0.3, 0.4) is 0 Å². The Morgan fingerprint density at radius 1 is 1.04 bits per heavy atom. The van der Waals surface area contributed by atoms with Crippen molar-refractivity contribution in [2.75, 3.05) is 12.4 Å². The van der Waals surface area contributed by atoms with Crippen molar-refractivity contribution in [3.63, 3.8) is 0 Å². The minimum Gasteiger partial charge on any atom is -0.497 e. The van der Waals surface area contributed by atoms with Crippen molar-refractivity contribution in [1.29, 1.82) is 0 Å². The van der Waals surface area contributed by atoms with E-state index in [1.54, 1.807) is 55.7 Å². The maximum absolute atomic E-state index is 12.8. The first-order valence-electron chi connectivity index (χ1n) is 8.32. The van der Waals surface area contributed by atoms with Crippen LogP contribution in [0.25, 0.3) is 6.08 Å². The molecule has 2 amide bonds. The van der Waals surface area contributed by atoms with E-state index in [4.69, 9.17) is 9.15 Å². The molecule has 2 N–H and O–H groups in total. The van der Waals surface area contributed by atoms with Crippen molar-refractivity contribution in [2.24, 2.45) is 0 Å². The molecule has 0 saturated carbocycles. The molecule has 1 heterocycles. The van der Waals surface area contributed by atoms with Gasteiger partial charge in [-0.05, 0) is 82.8 Å². The molecule has 3 rings (SSSR count). The van der Waals surface area contributed by atoms with E-state index in [-0.39, 0.29) is 11.5 Å². The zero-order valence-electron chi connectivity index (χ0n) is 14.9. The second-order valence-electron chi connectivity index (χ2n) is 5.72. The zero-order valence-corrected chi connectivity index (χ0v) is 17.1. The lowest BCUT2D eigenvalue weighted by Gasteiger charge is -2.11. The lowest BCUT2D eigenvalue weighted by molar-refractivity contribution is -0.113. The third kappa shape index (κ3) is 5.23. The van der Waals surface area contributed by atoms with Gasteiger partial charge in [0, 0.05) is 9.26 Å². The second-order valence-corrected chi connectivity index (χ2v) is 6.97. The van der Waals surface area contributed by atoms with Crippen LogP contribution in [0.15, 0.2) is 77.0 Å². The number of carbonyl (C=O) groups is 2. The summed E-state index contributed by atoms with van der Waals surface area (Å²) in [5.41, 5.74) is 1.44. The molecule has 7 heteroatoms. The number of methoxy groups -OCH3 is 1. The van der Waals surface area contributed by atoms with E-state index in [1.165, 1.54) is 12.3 Å². The number of halogens is 1.